The molecule has 27 heavy (non-hydrogen) atoms. The second-order valence-corrected chi connectivity index (χ2v) is 7.96. The molecule has 0 aliphatic carbocycles. The van der Waals surface area contributed by atoms with Crippen LogP contribution < -0.4 is 5.32 Å². The van der Waals surface area contributed by atoms with Gasteiger partial charge < -0.3 is 10.4 Å². The van der Waals surface area contributed by atoms with E-state index in [0.29, 0.717) is 6.54 Å². The molecule has 0 saturated heterocycles. The van der Waals surface area contributed by atoms with Crippen LogP contribution in [0.25, 0.3) is 11.1 Å². The number of aromatic nitrogens is 1. The van der Waals surface area contributed by atoms with Crippen LogP contribution >= 0.6 is 0 Å². The maximum atomic E-state index is 11.9. The molecular weight excluding hydrogens is 364 g/mol. The lowest BCUT2D eigenvalue weighted by Gasteiger charge is -2.09. The highest BCUT2D eigenvalue weighted by Gasteiger charge is 2.18. The number of hydrogen-bond donors (Lipinski definition) is 2. The third kappa shape index (κ3) is 4.92. The Morgan fingerprint density at radius 2 is 1.67 bits per heavy atom. The van der Waals surface area contributed by atoms with E-state index >= 15 is 0 Å². The van der Waals surface area contributed by atoms with Crippen LogP contribution in [0.3, 0.4) is 0 Å². The first-order valence-corrected chi connectivity index (χ1v) is 9.87. The van der Waals surface area contributed by atoms with E-state index in [-0.39, 0.29) is 4.90 Å². The molecule has 0 spiro atoms. The van der Waals surface area contributed by atoms with Crippen LogP contribution in [0.5, 0.6) is 0 Å². The molecular formula is C20H18N2O4S. The standard InChI is InChI=1S/C20H18N2O4S/c23-20(24)14-27(25,26)19-6-4-18(5-7-19)22-13-15-2-1-3-17(12-15)16-8-10-21-11-9-16/h1-12,22H,13-14H2,(H,23,24). The molecule has 6 nitrogen and oxygen atoms in total. The number of aliphatic carboxylic acids is 1. The lowest BCUT2D eigenvalue weighted by atomic mass is 10.0. The Hall–Kier alpha value is -3.19. The molecule has 0 aliphatic heterocycles. The van der Waals surface area contributed by atoms with Crippen molar-refractivity contribution in [3.05, 3.63) is 78.6 Å². The van der Waals surface area contributed by atoms with Crippen molar-refractivity contribution in [3.63, 3.8) is 0 Å². The number of nitrogens with zero attached hydrogens (tertiary/aromatic N) is 1. The molecule has 7 heteroatoms. The SMILES string of the molecule is O=C(O)CS(=O)(=O)c1ccc(NCc2cccc(-c3ccncc3)c2)cc1. The summed E-state index contributed by atoms with van der Waals surface area (Å²) in [6.45, 7) is 0.570. The molecule has 0 aliphatic rings. The molecule has 1 aromatic heterocycles. The second-order valence-electron chi connectivity index (χ2n) is 5.97. The first-order valence-electron chi connectivity index (χ1n) is 8.22. The van der Waals surface area contributed by atoms with Gasteiger partial charge in [0.05, 0.1) is 4.90 Å². The van der Waals surface area contributed by atoms with Gasteiger partial charge in [-0.3, -0.25) is 9.78 Å². The summed E-state index contributed by atoms with van der Waals surface area (Å²) < 4.78 is 23.8. The van der Waals surface area contributed by atoms with E-state index in [4.69, 9.17) is 5.11 Å². The van der Waals surface area contributed by atoms with Gasteiger partial charge in [-0.15, -0.1) is 0 Å². The quantitative estimate of drug-likeness (QED) is 0.651. The van der Waals surface area contributed by atoms with E-state index in [1.165, 1.54) is 12.1 Å². The van der Waals surface area contributed by atoms with Crippen LogP contribution in [0.4, 0.5) is 5.69 Å². The van der Waals surface area contributed by atoms with Crippen molar-refractivity contribution in [2.75, 3.05) is 11.1 Å². The fraction of sp³-hybridized carbons (Fsp3) is 0.100. The minimum Gasteiger partial charge on any atom is -0.480 e. The van der Waals surface area contributed by atoms with Crippen molar-refractivity contribution in [1.29, 1.82) is 0 Å². The molecule has 0 fully saturated rings. The fourth-order valence-electron chi connectivity index (χ4n) is 2.64. The Labute approximate surface area is 157 Å². The first kappa shape index (κ1) is 18.6. The molecule has 0 atom stereocenters. The Morgan fingerprint density at radius 1 is 0.963 bits per heavy atom. The highest BCUT2D eigenvalue weighted by Crippen LogP contribution is 2.21. The summed E-state index contributed by atoms with van der Waals surface area (Å²) in [5.41, 5.74) is 4.00. The van der Waals surface area contributed by atoms with Crippen LogP contribution in [-0.4, -0.2) is 30.2 Å². The van der Waals surface area contributed by atoms with Crippen LogP contribution in [0.1, 0.15) is 5.56 Å². The molecule has 0 saturated carbocycles. The summed E-state index contributed by atoms with van der Waals surface area (Å²) in [5.74, 6) is -2.28. The van der Waals surface area contributed by atoms with E-state index in [1.807, 2.05) is 30.3 Å². The van der Waals surface area contributed by atoms with Crippen molar-refractivity contribution in [1.82, 2.24) is 4.98 Å². The third-order valence-electron chi connectivity index (χ3n) is 3.96. The van der Waals surface area contributed by atoms with Crippen molar-refractivity contribution in [2.45, 2.75) is 11.4 Å². The number of benzene rings is 2. The number of carboxylic acid groups (broad SMARTS) is 1. The maximum Gasteiger partial charge on any atom is 0.319 e. The molecule has 138 valence electrons. The normalized spacial score (nSPS) is 11.1. The monoisotopic (exact) mass is 382 g/mol. The van der Waals surface area contributed by atoms with Gasteiger partial charge in [0.1, 0.15) is 0 Å². The number of nitrogens with one attached hydrogen (secondary N) is 1. The molecule has 2 aromatic carbocycles. The zero-order valence-corrected chi connectivity index (χ0v) is 15.2. The maximum absolute atomic E-state index is 11.9. The molecule has 2 N–H and O–H groups in total. The highest BCUT2D eigenvalue weighted by molar-refractivity contribution is 7.92. The third-order valence-corrected chi connectivity index (χ3v) is 5.58. The van der Waals surface area contributed by atoms with E-state index in [9.17, 15) is 13.2 Å². The Balaban J connectivity index is 1.68. The number of carbonyl (C=O) groups is 1. The molecule has 3 rings (SSSR count). The molecule has 0 bridgehead atoms. The number of pyridine rings is 1. The van der Waals surface area contributed by atoms with Gasteiger partial charge in [0, 0.05) is 24.6 Å². The van der Waals surface area contributed by atoms with Crippen LogP contribution in [-0.2, 0) is 21.2 Å². The van der Waals surface area contributed by atoms with Gasteiger partial charge >= 0.3 is 5.97 Å². The second kappa shape index (κ2) is 8.01. The minimum atomic E-state index is -3.81. The van der Waals surface area contributed by atoms with Gasteiger partial charge in [-0.1, -0.05) is 18.2 Å². The minimum absolute atomic E-state index is 0.00451. The van der Waals surface area contributed by atoms with E-state index in [2.05, 4.69) is 16.4 Å². The topological polar surface area (TPSA) is 96.4 Å². The lowest BCUT2D eigenvalue weighted by molar-refractivity contribution is -0.134. The Bertz CT molecular complexity index is 1030. The molecule has 1 heterocycles. The van der Waals surface area contributed by atoms with E-state index in [0.717, 1.165) is 22.4 Å². The van der Waals surface area contributed by atoms with Gasteiger partial charge in [0.25, 0.3) is 0 Å². The summed E-state index contributed by atoms with van der Waals surface area (Å²) in [6, 6.07) is 18.1. The molecule has 3 aromatic rings. The van der Waals surface area contributed by atoms with Gasteiger partial charge in [-0.2, -0.15) is 0 Å². The number of anilines is 1. The zero-order chi connectivity index (χ0) is 19.3. The molecule has 0 amide bonds. The molecule has 0 radical (unpaired) electrons. The predicted molar refractivity (Wildman–Crippen MR) is 103 cm³/mol. The van der Waals surface area contributed by atoms with Gasteiger partial charge in [0.2, 0.25) is 0 Å². The summed E-state index contributed by atoms with van der Waals surface area (Å²) >= 11 is 0. The Morgan fingerprint density at radius 3 is 2.33 bits per heavy atom. The largest absolute Gasteiger partial charge is 0.480 e. The van der Waals surface area contributed by atoms with Crippen molar-refractivity contribution in [3.8, 4) is 11.1 Å². The van der Waals surface area contributed by atoms with Crippen LogP contribution in [0, 0.1) is 0 Å². The highest BCUT2D eigenvalue weighted by atomic mass is 32.2. The van der Waals surface area contributed by atoms with Gasteiger partial charge in [-0.25, -0.2) is 8.42 Å². The van der Waals surface area contributed by atoms with Gasteiger partial charge in [0.15, 0.2) is 15.6 Å². The van der Waals surface area contributed by atoms with Crippen molar-refractivity contribution >= 4 is 21.5 Å². The summed E-state index contributed by atoms with van der Waals surface area (Å²) in [5, 5.41) is 11.9. The fourth-order valence-corrected chi connectivity index (χ4v) is 3.68. The zero-order valence-electron chi connectivity index (χ0n) is 14.4. The lowest BCUT2D eigenvalue weighted by Crippen LogP contribution is -2.15. The average molecular weight is 382 g/mol. The molecule has 0 unspecified atom stereocenters. The summed E-state index contributed by atoms with van der Waals surface area (Å²) in [6.07, 6.45) is 3.50. The van der Waals surface area contributed by atoms with Crippen LogP contribution in [0.2, 0.25) is 0 Å². The number of sulfone groups is 1. The van der Waals surface area contributed by atoms with Gasteiger partial charge in [-0.05, 0) is 59.2 Å². The van der Waals surface area contributed by atoms with E-state index < -0.39 is 21.6 Å². The number of rotatable bonds is 7. The van der Waals surface area contributed by atoms with Crippen molar-refractivity contribution in [2.24, 2.45) is 0 Å². The number of hydrogen-bond acceptors (Lipinski definition) is 5. The first-order chi connectivity index (χ1) is 12.9. The number of carboxylic acids is 1. The average Bonchev–Trinajstić information content (AvgIpc) is 2.67. The Kier molecular flexibility index (Phi) is 5.52. The summed E-state index contributed by atoms with van der Waals surface area (Å²) in [4.78, 5) is 14.7. The van der Waals surface area contributed by atoms with E-state index in [1.54, 1.807) is 24.5 Å². The smallest absolute Gasteiger partial charge is 0.319 e. The van der Waals surface area contributed by atoms with Crippen LogP contribution in [0.15, 0.2) is 78.0 Å². The predicted octanol–water partition coefficient (Wildman–Crippen LogP) is 3.22. The van der Waals surface area contributed by atoms with Crippen molar-refractivity contribution < 1.29 is 18.3 Å². The summed E-state index contributed by atoms with van der Waals surface area (Å²) in [7, 11) is -3.81.